The normalized spacial score (nSPS) is 10.9. The molecule has 0 aliphatic rings. The lowest BCUT2D eigenvalue weighted by Gasteiger charge is -2.01. The van der Waals surface area contributed by atoms with Crippen molar-refractivity contribution in [1.29, 1.82) is 0 Å². The third-order valence-corrected chi connectivity index (χ3v) is 2.78. The van der Waals surface area contributed by atoms with Crippen molar-refractivity contribution in [1.82, 2.24) is 20.2 Å². The number of hydrogen-bond donors (Lipinski definition) is 2. The van der Waals surface area contributed by atoms with E-state index in [1.807, 2.05) is 25.1 Å². The van der Waals surface area contributed by atoms with Crippen molar-refractivity contribution in [2.75, 3.05) is 0 Å². The topological polar surface area (TPSA) is 74.4 Å². The highest BCUT2D eigenvalue weighted by molar-refractivity contribution is 5.83. The van der Waals surface area contributed by atoms with Gasteiger partial charge in [0.15, 0.2) is 0 Å². The summed E-state index contributed by atoms with van der Waals surface area (Å²) in [6.45, 7) is 1.94. The van der Waals surface area contributed by atoms with E-state index in [1.54, 1.807) is 6.20 Å². The van der Waals surface area contributed by atoms with Gasteiger partial charge in [-0.25, -0.2) is 4.98 Å². The van der Waals surface area contributed by atoms with Crippen molar-refractivity contribution < 1.29 is 0 Å². The molecule has 84 valence electrons. The maximum absolute atomic E-state index is 11.7. The molecule has 17 heavy (non-hydrogen) atoms. The number of aryl methyl sites for hydroxylation is 1. The van der Waals surface area contributed by atoms with Crippen LogP contribution in [0.1, 0.15) is 5.69 Å². The van der Waals surface area contributed by atoms with Gasteiger partial charge >= 0.3 is 0 Å². The fourth-order valence-electron chi connectivity index (χ4n) is 1.88. The molecule has 3 aromatic rings. The zero-order valence-electron chi connectivity index (χ0n) is 9.19. The summed E-state index contributed by atoms with van der Waals surface area (Å²) in [5.41, 5.74) is 3.50. The minimum absolute atomic E-state index is 0.127. The number of fused-ring (bicyclic) bond motifs is 1. The van der Waals surface area contributed by atoms with Crippen molar-refractivity contribution in [3.05, 3.63) is 46.8 Å². The highest BCUT2D eigenvalue weighted by atomic mass is 16.1. The van der Waals surface area contributed by atoms with Crippen LogP contribution in [0.15, 0.2) is 35.5 Å². The van der Waals surface area contributed by atoms with Crippen molar-refractivity contribution in [2.24, 2.45) is 0 Å². The summed E-state index contributed by atoms with van der Waals surface area (Å²) >= 11 is 0. The first-order valence-electron chi connectivity index (χ1n) is 5.23. The molecule has 3 rings (SSSR count). The number of aromatic amines is 2. The van der Waals surface area contributed by atoms with Crippen LogP contribution in [-0.2, 0) is 0 Å². The highest BCUT2D eigenvalue weighted by Crippen LogP contribution is 2.23. The van der Waals surface area contributed by atoms with Gasteiger partial charge in [-0.3, -0.25) is 9.89 Å². The molecular weight excluding hydrogens is 216 g/mol. The van der Waals surface area contributed by atoms with E-state index in [-0.39, 0.29) is 5.56 Å². The zero-order valence-corrected chi connectivity index (χ0v) is 9.19. The Balaban J connectivity index is 2.30. The van der Waals surface area contributed by atoms with E-state index in [2.05, 4.69) is 20.2 Å². The first kappa shape index (κ1) is 9.77. The maximum atomic E-state index is 11.7. The van der Waals surface area contributed by atoms with Gasteiger partial charge in [0.2, 0.25) is 0 Å². The van der Waals surface area contributed by atoms with E-state index in [1.165, 1.54) is 6.33 Å². The van der Waals surface area contributed by atoms with Crippen LogP contribution in [0.5, 0.6) is 0 Å². The number of hydrogen-bond acceptors (Lipinski definition) is 3. The fraction of sp³-hybridized carbons (Fsp3) is 0.0833. The lowest BCUT2D eigenvalue weighted by atomic mass is 10.1. The lowest BCUT2D eigenvalue weighted by Crippen LogP contribution is -2.05. The van der Waals surface area contributed by atoms with Crippen LogP contribution in [0.3, 0.4) is 0 Å². The smallest absolute Gasteiger partial charge is 0.258 e. The van der Waals surface area contributed by atoms with Crippen LogP contribution < -0.4 is 5.56 Å². The molecule has 0 bridgehead atoms. The lowest BCUT2D eigenvalue weighted by molar-refractivity contribution is 1.05. The van der Waals surface area contributed by atoms with Crippen LogP contribution in [0, 0.1) is 6.92 Å². The molecule has 0 fully saturated rings. The Hall–Kier alpha value is -2.43. The number of aromatic nitrogens is 4. The molecule has 2 N–H and O–H groups in total. The van der Waals surface area contributed by atoms with Crippen LogP contribution in [0.25, 0.3) is 22.0 Å². The number of nitrogens with zero attached hydrogens (tertiary/aromatic N) is 2. The molecule has 0 atom stereocenters. The monoisotopic (exact) mass is 226 g/mol. The molecule has 0 aliphatic heterocycles. The Morgan fingerprint density at radius 2 is 2.18 bits per heavy atom. The van der Waals surface area contributed by atoms with Crippen LogP contribution >= 0.6 is 0 Å². The van der Waals surface area contributed by atoms with Crippen molar-refractivity contribution in [3.63, 3.8) is 0 Å². The number of H-pyrrole nitrogens is 2. The second kappa shape index (κ2) is 3.55. The summed E-state index contributed by atoms with van der Waals surface area (Å²) in [5, 5.41) is 7.44. The van der Waals surface area contributed by atoms with Crippen molar-refractivity contribution in [3.8, 4) is 11.1 Å². The molecular formula is C12H10N4O. The molecule has 0 unspecified atom stereocenters. The van der Waals surface area contributed by atoms with Gasteiger partial charge < -0.3 is 4.98 Å². The second-order valence-electron chi connectivity index (χ2n) is 3.87. The average Bonchev–Trinajstić information content (AvgIpc) is 2.76. The molecule has 2 aromatic heterocycles. The summed E-state index contributed by atoms with van der Waals surface area (Å²) in [5.74, 6) is 0. The molecule has 2 heterocycles. The SMILES string of the molecule is Cc1[nH]ncc1-c1ccc2nc[nH]c(=O)c2c1. The minimum atomic E-state index is -0.127. The molecule has 0 radical (unpaired) electrons. The Morgan fingerprint density at radius 3 is 2.94 bits per heavy atom. The molecule has 0 amide bonds. The third kappa shape index (κ3) is 1.52. The summed E-state index contributed by atoms with van der Waals surface area (Å²) < 4.78 is 0. The largest absolute Gasteiger partial charge is 0.313 e. The van der Waals surface area contributed by atoms with Crippen LogP contribution in [0.4, 0.5) is 0 Å². The highest BCUT2D eigenvalue weighted by Gasteiger charge is 2.06. The number of benzene rings is 1. The van der Waals surface area contributed by atoms with E-state index in [0.29, 0.717) is 10.9 Å². The van der Waals surface area contributed by atoms with Gasteiger partial charge in [-0.15, -0.1) is 0 Å². The predicted molar refractivity (Wildman–Crippen MR) is 64.7 cm³/mol. The predicted octanol–water partition coefficient (Wildman–Crippen LogP) is 1.62. The Morgan fingerprint density at radius 1 is 1.29 bits per heavy atom. The van der Waals surface area contributed by atoms with Gasteiger partial charge in [0.05, 0.1) is 23.4 Å². The van der Waals surface area contributed by atoms with E-state index < -0.39 is 0 Å². The summed E-state index contributed by atoms with van der Waals surface area (Å²) in [7, 11) is 0. The van der Waals surface area contributed by atoms with Gasteiger partial charge in [0.25, 0.3) is 5.56 Å². The zero-order chi connectivity index (χ0) is 11.8. The Labute approximate surface area is 96.5 Å². The molecule has 0 spiro atoms. The van der Waals surface area contributed by atoms with Gasteiger partial charge in [-0.1, -0.05) is 6.07 Å². The van der Waals surface area contributed by atoms with E-state index in [0.717, 1.165) is 16.8 Å². The quantitative estimate of drug-likeness (QED) is 0.662. The van der Waals surface area contributed by atoms with Crippen LogP contribution in [0.2, 0.25) is 0 Å². The van der Waals surface area contributed by atoms with Gasteiger partial charge in [-0.05, 0) is 24.6 Å². The summed E-state index contributed by atoms with van der Waals surface area (Å²) in [6, 6.07) is 5.61. The van der Waals surface area contributed by atoms with Crippen LogP contribution in [-0.4, -0.2) is 20.2 Å². The third-order valence-electron chi connectivity index (χ3n) is 2.78. The average molecular weight is 226 g/mol. The van der Waals surface area contributed by atoms with Gasteiger partial charge in [-0.2, -0.15) is 5.10 Å². The van der Waals surface area contributed by atoms with E-state index >= 15 is 0 Å². The molecule has 0 saturated heterocycles. The van der Waals surface area contributed by atoms with Gasteiger partial charge in [0, 0.05) is 11.3 Å². The Kier molecular flexibility index (Phi) is 2.04. The minimum Gasteiger partial charge on any atom is -0.313 e. The summed E-state index contributed by atoms with van der Waals surface area (Å²) in [6.07, 6.45) is 3.16. The molecule has 5 heteroatoms. The number of rotatable bonds is 1. The summed E-state index contributed by atoms with van der Waals surface area (Å²) in [4.78, 5) is 18.3. The molecule has 0 saturated carbocycles. The van der Waals surface area contributed by atoms with Crippen molar-refractivity contribution in [2.45, 2.75) is 6.92 Å². The fourth-order valence-corrected chi connectivity index (χ4v) is 1.88. The molecule has 0 aliphatic carbocycles. The molecule has 1 aromatic carbocycles. The maximum Gasteiger partial charge on any atom is 0.258 e. The first-order valence-corrected chi connectivity index (χ1v) is 5.23. The van der Waals surface area contributed by atoms with E-state index in [9.17, 15) is 4.79 Å². The second-order valence-corrected chi connectivity index (χ2v) is 3.87. The van der Waals surface area contributed by atoms with Gasteiger partial charge in [0.1, 0.15) is 0 Å². The first-order chi connectivity index (χ1) is 8.25. The standard InChI is InChI=1S/C12H10N4O/c1-7-10(5-15-16-7)8-2-3-11-9(4-8)12(17)14-6-13-11/h2-6H,1H3,(H,15,16)(H,13,14,17). The molecule has 5 nitrogen and oxygen atoms in total. The Bertz CT molecular complexity index is 741. The number of nitrogens with one attached hydrogen (secondary N) is 2. The van der Waals surface area contributed by atoms with E-state index in [4.69, 9.17) is 0 Å². The van der Waals surface area contributed by atoms with Crippen molar-refractivity contribution >= 4 is 10.9 Å².